The van der Waals surface area contributed by atoms with Crippen LogP contribution in [0, 0.1) is 11.8 Å². The summed E-state index contributed by atoms with van der Waals surface area (Å²) in [5.74, 6) is 1.45. The van der Waals surface area contributed by atoms with Gasteiger partial charge in [-0.3, -0.25) is 9.80 Å². The van der Waals surface area contributed by atoms with E-state index in [1.54, 1.807) is 0 Å². The smallest absolute Gasteiger partial charge is 0.0277 e. The first-order valence-corrected chi connectivity index (χ1v) is 7.90. The van der Waals surface area contributed by atoms with Crippen LogP contribution in [0.15, 0.2) is 0 Å². The zero-order valence-corrected chi connectivity index (χ0v) is 14.2. The zero-order valence-electron chi connectivity index (χ0n) is 14.2. The van der Waals surface area contributed by atoms with Crippen molar-refractivity contribution < 1.29 is 0 Å². The predicted octanol–water partition coefficient (Wildman–Crippen LogP) is 2.28. The Bertz CT molecular complexity index is 263. The van der Waals surface area contributed by atoms with E-state index >= 15 is 0 Å². The number of rotatable bonds is 6. The monoisotopic (exact) mass is 269 g/mol. The molecule has 3 nitrogen and oxygen atoms in total. The average Bonchev–Trinajstić information content (AvgIpc) is 2.31. The first-order chi connectivity index (χ1) is 8.74. The predicted molar refractivity (Wildman–Crippen MR) is 84.6 cm³/mol. The summed E-state index contributed by atoms with van der Waals surface area (Å²) in [7, 11) is 2.25. The highest BCUT2D eigenvalue weighted by Gasteiger charge is 2.34. The lowest BCUT2D eigenvalue weighted by atomic mass is 9.94. The topological polar surface area (TPSA) is 18.5 Å². The van der Waals surface area contributed by atoms with E-state index in [1.807, 2.05) is 0 Å². The molecule has 114 valence electrons. The Morgan fingerprint density at radius 3 is 2.21 bits per heavy atom. The molecule has 3 heteroatoms. The van der Waals surface area contributed by atoms with Gasteiger partial charge < -0.3 is 5.32 Å². The lowest BCUT2D eigenvalue weighted by Gasteiger charge is -2.48. The SMILES string of the molecule is CC(C)CNCC(C)C(C)N1CCN(C)C(C)(C)C1. The molecule has 0 radical (unpaired) electrons. The van der Waals surface area contributed by atoms with Crippen LogP contribution < -0.4 is 5.32 Å². The van der Waals surface area contributed by atoms with Crippen molar-refractivity contribution in [1.29, 1.82) is 0 Å². The van der Waals surface area contributed by atoms with Crippen molar-refractivity contribution in [3.63, 3.8) is 0 Å². The Kier molecular flexibility index (Phi) is 6.28. The fraction of sp³-hybridized carbons (Fsp3) is 1.00. The van der Waals surface area contributed by atoms with Crippen LogP contribution in [-0.2, 0) is 0 Å². The van der Waals surface area contributed by atoms with Crippen molar-refractivity contribution in [1.82, 2.24) is 15.1 Å². The highest BCUT2D eigenvalue weighted by atomic mass is 15.3. The zero-order chi connectivity index (χ0) is 14.6. The standard InChI is InChI=1S/C16H35N3/c1-13(2)10-17-11-14(3)15(4)19-9-8-18(7)16(5,6)12-19/h13-15,17H,8-12H2,1-7H3. The summed E-state index contributed by atoms with van der Waals surface area (Å²) >= 11 is 0. The van der Waals surface area contributed by atoms with Crippen molar-refractivity contribution >= 4 is 0 Å². The molecule has 0 aromatic rings. The van der Waals surface area contributed by atoms with Crippen LogP contribution in [0.1, 0.15) is 41.5 Å². The second-order valence-corrected chi connectivity index (χ2v) is 7.47. The molecule has 1 aliphatic rings. The second-order valence-electron chi connectivity index (χ2n) is 7.47. The lowest BCUT2D eigenvalue weighted by molar-refractivity contribution is 0.00859. The van der Waals surface area contributed by atoms with Crippen molar-refractivity contribution in [2.45, 2.75) is 53.1 Å². The summed E-state index contributed by atoms with van der Waals surface area (Å²) in [4.78, 5) is 5.15. The molecule has 1 rings (SSSR count). The van der Waals surface area contributed by atoms with Crippen LogP contribution >= 0.6 is 0 Å². The molecule has 1 saturated heterocycles. The van der Waals surface area contributed by atoms with E-state index in [4.69, 9.17) is 0 Å². The molecule has 0 saturated carbocycles. The van der Waals surface area contributed by atoms with Crippen LogP contribution in [0.2, 0.25) is 0 Å². The van der Waals surface area contributed by atoms with Gasteiger partial charge in [-0.25, -0.2) is 0 Å². The van der Waals surface area contributed by atoms with E-state index in [2.05, 4.69) is 63.7 Å². The molecule has 1 aliphatic heterocycles. The molecule has 0 aromatic carbocycles. The van der Waals surface area contributed by atoms with Gasteiger partial charge in [0.05, 0.1) is 0 Å². The minimum Gasteiger partial charge on any atom is -0.316 e. The summed E-state index contributed by atoms with van der Waals surface area (Å²) in [6.07, 6.45) is 0. The van der Waals surface area contributed by atoms with Crippen molar-refractivity contribution in [3.8, 4) is 0 Å². The third-order valence-electron chi connectivity index (χ3n) is 4.76. The maximum atomic E-state index is 3.60. The number of nitrogens with one attached hydrogen (secondary N) is 1. The molecule has 1 fully saturated rings. The maximum absolute atomic E-state index is 3.60. The van der Waals surface area contributed by atoms with E-state index in [1.165, 1.54) is 19.6 Å². The summed E-state index contributed by atoms with van der Waals surface area (Å²) in [5, 5.41) is 3.60. The summed E-state index contributed by atoms with van der Waals surface area (Å²) in [6.45, 7) is 19.8. The van der Waals surface area contributed by atoms with Crippen LogP contribution in [0.3, 0.4) is 0 Å². The molecular formula is C16H35N3. The van der Waals surface area contributed by atoms with Crippen LogP contribution in [0.5, 0.6) is 0 Å². The number of nitrogens with zero attached hydrogens (tertiary/aromatic N) is 2. The normalized spacial score (nSPS) is 24.6. The molecule has 0 amide bonds. The average molecular weight is 269 g/mol. The van der Waals surface area contributed by atoms with Crippen LogP contribution in [0.4, 0.5) is 0 Å². The maximum Gasteiger partial charge on any atom is 0.0277 e. The molecule has 0 spiro atoms. The molecule has 1 N–H and O–H groups in total. The van der Waals surface area contributed by atoms with Gasteiger partial charge in [0.15, 0.2) is 0 Å². The highest BCUT2D eigenvalue weighted by molar-refractivity contribution is 4.91. The first kappa shape index (κ1) is 16.9. The van der Waals surface area contributed by atoms with Gasteiger partial charge in [-0.15, -0.1) is 0 Å². The summed E-state index contributed by atoms with van der Waals surface area (Å²) in [5.41, 5.74) is 0.303. The molecule has 0 aromatic heterocycles. The van der Waals surface area contributed by atoms with E-state index in [9.17, 15) is 0 Å². The van der Waals surface area contributed by atoms with Crippen molar-refractivity contribution in [3.05, 3.63) is 0 Å². The van der Waals surface area contributed by atoms with Gasteiger partial charge in [0.25, 0.3) is 0 Å². The molecule has 0 bridgehead atoms. The Morgan fingerprint density at radius 1 is 1.05 bits per heavy atom. The third kappa shape index (κ3) is 5.05. The van der Waals surface area contributed by atoms with Crippen LogP contribution in [-0.4, -0.2) is 61.2 Å². The Hall–Kier alpha value is -0.120. The van der Waals surface area contributed by atoms with Crippen molar-refractivity contribution in [2.24, 2.45) is 11.8 Å². The lowest BCUT2D eigenvalue weighted by Crippen LogP contribution is -2.60. The van der Waals surface area contributed by atoms with Gasteiger partial charge in [-0.05, 0) is 52.7 Å². The van der Waals surface area contributed by atoms with E-state index in [0.717, 1.165) is 19.0 Å². The van der Waals surface area contributed by atoms with Gasteiger partial charge in [-0.1, -0.05) is 20.8 Å². The van der Waals surface area contributed by atoms with E-state index in [-0.39, 0.29) is 0 Å². The first-order valence-electron chi connectivity index (χ1n) is 7.90. The van der Waals surface area contributed by atoms with Gasteiger partial charge in [0.2, 0.25) is 0 Å². The molecule has 0 aliphatic carbocycles. The van der Waals surface area contributed by atoms with Gasteiger partial charge in [0, 0.05) is 31.2 Å². The van der Waals surface area contributed by atoms with Crippen molar-refractivity contribution in [2.75, 3.05) is 39.8 Å². The van der Waals surface area contributed by atoms with E-state index < -0.39 is 0 Å². The molecule has 2 atom stereocenters. The summed E-state index contributed by atoms with van der Waals surface area (Å²) in [6, 6.07) is 0.660. The third-order valence-corrected chi connectivity index (χ3v) is 4.76. The minimum absolute atomic E-state index is 0.303. The van der Waals surface area contributed by atoms with E-state index in [0.29, 0.717) is 17.5 Å². The molecule has 19 heavy (non-hydrogen) atoms. The molecule has 2 unspecified atom stereocenters. The Morgan fingerprint density at radius 2 is 1.68 bits per heavy atom. The Balaban J connectivity index is 2.42. The van der Waals surface area contributed by atoms with Gasteiger partial charge >= 0.3 is 0 Å². The minimum atomic E-state index is 0.303. The number of hydrogen-bond acceptors (Lipinski definition) is 3. The van der Waals surface area contributed by atoms with Gasteiger partial charge in [-0.2, -0.15) is 0 Å². The Labute approximate surface area is 120 Å². The number of likely N-dealkylation sites (N-methyl/N-ethyl adjacent to an activating group) is 1. The largest absolute Gasteiger partial charge is 0.316 e. The summed E-state index contributed by atoms with van der Waals surface area (Å²) < 4.78 is 0. The fourth-order valence-electron chi connectivity index (χ4n) is 2.76. The molecular weight excluding hydrogens is 234 g/mol. The highest BCUT2D eigenvalue weighted by Crippen LogP contribution is 2.22. The molecule has 1 heterocycles. The number of piperazine rings is 1. The number of hydrogen-bond donors (Lipinski definition) is 1. The second kappa shape index (κ2) is 7.05. The fourth-order valence-corrected chi connectivity index (χ4v) is 2.76. The quantitative estimate of drug-likeness (QED) is 0.798. The van der Waals surface area contributed by atoms with Crippen LogP contribution in [0.25, 0.3) is 0 Å². The van der Waals surface area contributed by atoms with Gasteiger partial charge in [0.1, 0.15) is 0 Å².